The van der Waals surface area contributed by atoms with E-state index in [1.54, 1.807) is 11.3 Å². The number of nitrogens with one attached hydrogen (secondary N) is 2. The molecule has 0 aliphatic carbocycles. The molecule has 1 saturated heterocycles. The van der Waals surface area contributed by atoms with E-state index in [1.165, 1.54) is 15.6 Å². The van der Waals surface area contributed by atoms with Gasteiger partial charge in [0.25, 0.3) is 0 Å². The van der Waals surface area contributed by atoms with Crippen LogP contribution in [0.15, 0.2) is 35.5 Å². The second-order valence-electron chi connectivity index (χ2n) is 6.38. The number of thiazole rings is 1. The number of aliphatic imine (C=N–C) groups is 1. The van der Waals surface area contributed by atoms with Gasteiger partial charge in [-0.1, -0.05) is 24.6 Å². The molecular weight excluding hydrogens is 366 g/mol. The van der Waals surface area contributed by atoms with Crippen molar-refractivity contribution in [3.05, 3.63) is 45.4 Å². The third-order valence-corrected chi connectivity index (χ3v) is 5.94. The van der Waals surface area contributed by atoms with Gasteiger partial charge in [0.15, 0.2) is 5.96 Å². The Morgan fingerprint density at radius 3 is 3.08 bits per heavy atom. The normalized spacial score (nSPS) is 17.6. The fourth-order valence-electron chi connectivity index (χ4n) is 3.09. The van der Waals surface area contributed by atoms with Crippen LogP contribution < -0.4 is 15.5 Å². The third-order valence-electron chi connectivity index (χ3n) is 4.51. The van der Waals surface area contributed by atoms with Gasteiger partial charge in [-0.3, -0.25) is 4.99 Å². The van der Waals surface area contributed by atoms with E-state index in [0.29, 0.717) is 6.04 Å². The lowest BCUT2D eigenvalue weighted by atomic mass is 10.2. The molecule has 5 nitrogen and oxygen atoms in total. The van der Waals surface area contributed by atoms with Crippen LogP contribution >= 0.6 is 22.9 Å². The summed E-state index contributed by atoms with van der Waals surface area (Å²) in [5, 5.41) is 8.89. The minimum atomic E-state index is 0.381. The number of anilines is 1. The van der Waals surface area contributed by atoms with E-state index in [2.05, 4.69) is 38.5 Å². The van der Waals surface area contributed by atoms with E-state index in [9.17, 15) is 0 Å². The van der Waals surface area contributed by atoms with Crippen LogP contribution in [0.4, 0.5) is 5.69 Å². The molecule has 1 aliphatic rings. The minimum absolute atomic E-state index is 0.381. The number of benzene rings is 1. The van der Waals surface area contributed by atoms with Crippen LogP contribution in [0.2, 0.25) is 5.02 Å². The van der Waals surface area contributed by atoms with Crippen molar-refractivity contribution < 1.29 is 0 Å². The summed E-state index contributed by atoms with van der Waals surface area (Å²) >= 11 is 7.90. The van der Waals surface area contributed by atoms with E-state index in [0.717, 1.165) is 49.9 Å². The van der Waals surface area contributed by atoms with Crippen LogP contribution in [0.3, 0.4) is 0 Å². The van der Waals surface area contributed by atoms with Crippen molar-refractivity contribution in [2.24, 2.45) is 4.99 Å². The van der Waals surface area contributed by atoms with Gasteiger partial charge in [-0.2, -0.15) is 0 Å². The highest BCUT2D eigenvalue weighted by Crippen LogP contribution is 2.23. The van der Waals surface area contributed by atoms with Crippen LogP contribution in [-0.4, -0.2) is 43.7 Å². The monoisotopic (exact) mass is 391 g/mol. The summed E-state index contributed by atoms with van der Waals surface area (Å²) in [7, 11) is 1.82. The van der Waals surface area contributed by atoms with Crippen molar-refractivity contribution in [1.29, 1.82) is 0 Å². The molecular formula is C19H26ClN5S. The Labute approximate surface area is 164 Å². The number of aryl methyl sites for hydroxylation is 1. The van der Waals surface area contributed by atoms with Crippen LogP contribution in [0.1, 0.15) is 23.2 Å². The lowest BCUT2D eigenvalue weighted by Crippen LogP contribution is -2.45. The van der Waals surface area contributed by atoms with Gasteiger partial charge in [0, 0.05) is 60.9 Å². The summed E-state index contributed by atoms with van der Waals surface area (Å²) < 4.78 is 0. The molecule has 2 aromatic rings. The first-order valence-electron chi connectivity index (χ1n) is 9.09. The van der Waals surface area contributed by atoms with Crippen molar-refractivity contribution >= 4 is 34.6 Å². The highest BCUT2D eigenvalue weighted by molar-refractivity contribution is 7.11. The molecule has 1 unspecified atom stereocenters. The third kappa shape index (κ3) is 5.11. The van der Waals surface area contributed by atoms with Gasteiger partial charge < -0.3 is 15.5 Å². The molecule has 7 heteroatoms. The van der Waals surface area contributed by atoms with Gasteiger partial charge in [-0.25, -0.2) is 4.98 Å². The van der Waals surface area contributed by atoms with Crippen LogP contribution in [0.5, 0.6) is 0 Å². The predicted molar refractivity (Wildman–Crippen MR) is 112 cm³/mol. The molecule has 2 heterocycles. The highest BCUT2D eigenvalue weighted by atomic mass is 35.5. The number of halogens is 1. The second kappa shape index (κ2) is 9.24. The molecule has 1 fully saturated rings. The summed E-state index contributed by atoms with van der Waals surface area (Å²) in [5.41, 5.74) is 1.18. The average Bonchev–Trinajstić information content (AvgIpc) is 3.30. The average molecular weight is 392 g/mol. The van der Waals surface area contributed by atoms with E-state index in [1.807, 2.05) is 31.4 Å². The standard InChI is InChI=1S/C19H26ClN5S/c1-3-17-12-23-18(26-17)7-9-22-19(21-2)24-15-8-10-25(13-15)16-6-4-5-14(20)11-16/h4-6,11-12,15H,3,7-10,13H2,1-2H3,(H2,21,22,24). The zero-order valence-electron chi connectivity index (χ0n) is 15.3. The van der Waals surface area contributed by atoms with Gasteiger partial charge in [0.1, 0.15) is 0 Å². The topological polar surface area (TPSA) is 52.6 Å². The van der Waals surface area contributed by atoms with Gasteiger partial charge in [0.2, 0.25) is 0 Å². The fourth-order valence-corrected chi connectivity index (χ4v) is 4.13. The van der Waals surface area contributed by atoms with Gasteiger partial charge in [-0.15, -0.1) is 11.3 Å². The van der Waals surface area contributed by atoms with Gasteiger partial charge >= 0.3 is 0 Å². The number of rotatable bonds is 6. The maximum Gasteiger partial charge on any atom is 0.191 e. The second-order valence-corrected chi connectivity index (χ2v) is 8.01. The highest BCUT2D eigenvalue weighted by Gasteiger charge is 2.23. The number of hydrogen-bond donors (Lipinski definition) is 2. The van der Waals surface area contributed by atoms with Crippen LogP contribution in [-0.2, 0) is 12.8 Å². The molecule has 1 aromatic heterocycles. The lowest BCUT2D eigenvalue weighted by molar-refractivity contribution is 0.648. The number of hydrogen-bond acceptors (Lipinski definition) is 4. The first-order valence-corrected chi connectivity index (χ1v) is 10.3. The number of nitrogens with zero attached hydrogens (tertiary/aromatic N) is 3. The first-order chi connectivity index (χ1) is 12.7. The molecule has 0 radical (unpaired) electrons. The van der Waals surface area contributed by atoms with Crippen molar-refractivity contribution in [3.8, 4) is 0 Å². The van der Waals surface area contributed by atoms with Crippen molar-refractivity contribution in [3.63, 3.8) is 0 Å². The molecule has 0 spiro atoms. The zero-order valence-corrected chi connectivity index (χ0v) is 16.9. The Balaban J connectivity index is 1.45. The molecule has 0 bridgehead atoms. The molecule has 140 valence electrons. The quantitative estimate of drug-likeness (QED) is 0.585. The van der Waals surface area contributed by atoms with E-state index in [4.69, 9.17) is 11.6 Å². The van der Waals surface area contributed by atoms with Gasteiger partial charge in [-0.05, 0) is 31.0 Å². The largest absolute Gasteiger partial charge is 0.369 e. The Bertz CT molecular complexity index is 745. The Morgan fingerprint density at radius 2 is 2.35 bits per heavy atom. The SMILES string of the molecule is CCc1cnc(CCNC(=NC)NC2CCN(c3cccc(Cl)c3)C2)s1. The van der Waals surface area contributed by atoms with E-state index in [-0.39, 0.29) is 0 Å². The molecule has 1 aromatic carbocycles. The predicted octanol–water partition coefficient (Wildman–Crippen LogP) is 3.35. The first kappa shape index (κ1) is 19.0. The smallest absolute Gasteiger partial charge is 0.191 e. The Morgan fingerprint density at radius 1 is 1.46 bits per heavy atom. The summed E-state index contributed by atoms with van der Waals surface area (Å²) in [4.78, 5) is 12.5. The number of guanidine groups is 1. The van der Waals surface area contributed by atoms with E-state index >= 15 is 0 Å². The zero-order chi connectivity index (χ0) is 18.4. The molecule has 2 N–H and O–H groups in total. The molecule has 3 rings (SSSR count). The fraction of sp³-hybridized carbons (Fsp3) is 0.474. The molecule has 0 amide bonds. The van der Waals surface area contributed by atoms with Gasteiger partial charge in [0.05, 0.1) is 5.01 Å². The summed E-state index contributed by atoms with van der Waals surface area (Å²) in [5.74, 6) is 0.857. The Kier molecular flexibility index (Phi) is 6.74. The Hall–Kier alpha value is -1.79. The van der Waals surface area contributed by atoms with Crippen LogP contribution in [0.25, 0.3) is 0 Å². The van der Waals surface area contributed by atoms with E-state index < -0.39 is 0 Å². The minimum Gasteiger partial charge on any atom is -0.369 e. The van der Waals surface area contributed by atoms with Crippen molar-refractivity contribution in [2.75, 3.05) is 31.6 Å². The van der Waals surface area contributed by atoms with Crippen LogP contribution in [0, 0.1) is 0 Å². The number of aromatic nitrogens is 1. The van der Waals surface area contributed by atoms with Crippen molar-refractivity contribution in [1.82, 2.24) is 15.6 Å². The summed E-state index contributed by atoms with van der Waals surface area (Å²) in [6, 6.07) is 8.43. The molecule has 0 saturated carbocycles. The lowest BCUT2D eigenvalue weighted by Gasteiger charge is -2.20. The summed E-state index contributed by atoms with van der Waals surface area (Å²) in [6.45, 7) is 4.97. The summed E-state index contributed by atoms with van der Waals surface area (Å²) in [6.07, 6.45) is 5.04. The maximum absolute atomic E-state index is 6.11. The maximum atomic E-state index is 6.11. The molecule has 1 atom stereocenters. The van der Waals surface area contributed by atoms with Crippen molar-refractivity contribution in [2.45, 2.75) is 32.2 Å². The molecule has 26 heavy (non-hydrogen) atoms. The molecule has 1 aliphatic heterocycles.